The van der Waals surface area contributed by atoms with Gasteiger partial charge in [-0.15, -0.1) is 0 Å². The molecule has 2 fully saturated rings. The van der Waals surface area contributed by atoms with Gasteiger partial charge < -0.3 is 15.3 Å². The Kier molecular flexibility index (Phi) is 5.24. The van der Waals surface area contributed by atoms with E-state index in [-0.39, 0.29) is 35.9 Å². The number of rotatable bonds is 4. The molecule has 1 saturated heterocycles. The Morgan fingerprint density at radius 3 is 2.88 bits per heavy atom. The van der Waals surface area contributed by atoms with Crippen LogP contribution in [0.3, 0.4) is 0 Å². The number of nitrogens with zero attached hydrogens (tertiary/aromatic N) is 3. The smallest absolute Gasteiger partial charge is 0.273 e. The second kappa shape index (κ2) is 8.09. The molecule has 0 bridgehead atoms. The molecule has 1 saturated carbocycles. The number of carbonyl (C=O) groups is 1. The average Bonchev–Trinajstić information content (AvgIpc) is 3.48. The molecule has 1 aromatic carbocycles. The van der Waals surface area contributed by atoms with Crippen LogP contribution in [0.5, 0.6) is 0 Å². The Morgan fingerprint density at radius 2 is 2.09 bits per heavy atom. The zero-order valence-electron chi connectivity index (χ0n) is 17.1. The normalized spacial score (nSPS) is 25.6. The molecule has 1 aliphatic heterocycles. The van der Waals surface area contributed by atoms with Gasteiger partial charge in [-0.1, -0.05) is 0 Å². The minimum atomic E-state index is -1.37. The maximum Gasteiger partial charge on any atom is 0.273 e. The molecule has 168 valence electrons. The number of pyridine rings is 1. The Balaban J connectivity index is 1.52. The number of nitrogens with one attached hydrogen (secondary N) is 2. The maximum absolute atomic E-state index is 14.4. The largest absolute Gasteiger partial charge is 0.391 e. The number of H-pyrrole nitrogens is 1. The highest BCUT2D eigenvalue weighted by atomic mass is 19.1. The molecule has 0 unspecified atom stereocenters. The molecular weight excluding hydrogens is 423 g/mol. The fourth-order valence-electron chi connectivity index (χ4n) is 4.75. The Hall–Kier alpha value is -3.14. The van der Waals surface area contributed by atoms with Gasteiger partial charge in [-0.25, -0.2) is 18.2 Å². The molecule has 2 aromatic heterocycles. The van der Waals surface area contributed by atoms with E-state index in [4.69, 9.17) is 0 Å². The van der Waals surface area contributed by atoms with E-state index in [0.29, 0.717) is 17.5 Å². The Morgan fingerprint density at radius 1 is 1.25 bits per heavy atom. The molecule has 3 N–H and O–H groups in total. The minimum Gasteiger partial charge on any atom is -0.391 e. The Labute approximate surface area is 181 Å². The van der Waals surface area contributed by atoms with E-state index in [0.717, 1.165) is 31.0 Å². The fourth-order valence-corrected chi connectivity index (χ4v) is 4.75. The first-order valence-corrected chi connectivity index (χ1v) is 10.6. The van der Waals surface area contributed by atoms with Crippen molar-refractivity contribution in [1.82, 2.24) is 20.1 Å². The van der Waals surface area contributed by atoms with Crippen LogP contribution in [-0.4, -0.2) is 56.0 Å². The molecule has 0 radical (unpaired) electrons. The van der Waals surface area contributed by atoms with E-state index in [1.165, 1.54) is 4.90 Å². The number of halogens is 3. The van der Waals surface area contributed by atoms with Crippen LogP contribution in [0, 0.1) is 11.6 Å². The van der Waals surface area contributed by atoms with Crippen molar-refractivity contribution >= 4 is 22.6 Å². The molecule has 1 amide bonds. The van der Waals surface area contributed by atoms with Crippen LogP contribution < -0.4 is 5.32 Å². The highest BCUT2D eigenvalue weighted by molar-refractivity contribution is 6.08. The SMILES string of the molecule is O=C(c1[nH]nc2nccc(N[C@@H]3CCC[C@H]3O)c12)N1C[C@@H](F)C[C@@H]1c1cc(F)ccc1F. The van der Waals surface area contributed by atoms with Crippen molar-refractivity contribution in [3.8, 4) is 0 Å². The lowest BCUT2D eigenvalue weighted by Gasteiger charge is -2.25. The van der Waals surface area contributed by atoms with E-state index in [2.05, 4.69) is 20.5 Å². The number of amides is 1. The third-order valence-corrected chi connectivity index (χ3v) is 6.32. The number of aliphatic hydroxyl groups excluding tert-OH is 1. The van der Waals surface area contributed by atoms with Crippen molar-refractivity contribution in [3.05, 3.63) is 53.4 Å². The fraction of sp³-hybridized carbons (Fsp3) is 0.409. The standard InChI is InChI=1S/C22H22F3N5O2/c23-11-4-5-14(25)13(8-11)17-9-12(24)10-30(17)22(32)20-19-16(6-7-26-21(19)29-28-20)27-15-2-1-3-18(15)31/h4-8,12,15,17-18,31H,1-3,9-10H2,(H2,26,27,28,29)/t12-,15+,17+,18+/m0/s1. The predicted octanol–water partition coefficient (Wildman–Crippen LogP) is 3.49. The summed E-state index contributed by atoms with van der Waals surface area (Å²) in [5, 5.41) is 20.6. The predicted molar refractivity (Wildman–Crippen MR) is 111 cm³/mol. The number of aliphatic hydroxyl groups is 1. The monoisotopic (exact) mass is 445 g/mol. The molecule has 3 heterocycles. The van der Waals surface area contributed by atoms with Gasteiger partial charge in [0.15, 0.2) is 5.65 Å². The van der Waals surface area contributed by atoms with Gasteiger partial charge in [0.2, 0.25) is 0 Å². The van der Waals surface area contributed by atoms with Gasteiger partial charge in [-0.2, -0.15) is 5.10 Å². The van der Waals surface area contributed by atoms with Crippen molar-refractivity contribution in [2.45, 2.75) is 50.0 Å². The average molecular weight is 445 g/mol. The van der Waals surface area contributed by atoms with Gasteiger partial charge in [0, 0.05) is 23.9 Å². The van der Waals surface area contributed by atoms with Gasteiger partial charge in [-0.05, 0) is 43.5 Å². The topological polar surface area (TPSA) is 94.1 Å². The number of aromatic nitrogens is 3. The van der Waals surface area contributed by atoms with Crippen molar-refractivity contribution < 1.29 is 23.1 Å². The zero-order chi connectivity index (χ0) is 22.4. The summed E-state index contributed by atoms with van der Waals surface area (Å²) < 4.78 is 42.5. The van der Waals surface area contributed by atoms with E-state index in [1.54, 1.807) is 12.3 Å². The van der Waals surface area contributed by atoms with Crippen LogP contribution in [0.1, 0.15) is 47.8 Å². The first kappa shape index (κ1) is 20.7. The van der Waals surface area contributed by atoms with Crippen molar-refractivity contribution in [3.63, 3.8) is 0 Å². The van der Waals surface area contributed by atoms with E-state index in [9.17, 15) is 23.1 Å². The number of hydrogen-bond acceptors (Lipinski definition) is 5. The van der Waals surface area contributed by atoms with Gasteiger partial charge in [0.25, 0.3) is 5.91 Å². The molecule has 7 nitrogen and oxygen atoms in total. The molecule has 1 aliphatic carbocycles. The van der Waals surface area contributed by atoms with Crippen LogP contribution in [0.25, 0.3) is 11.0 Å². The zero-order valence-corrected chi connectivity index (χ0v) is 17.1. The number of anilines is 1. The lowest BCUT2D eigenvalue weighted by molar-refractivity contribution is 0.0722. The van der Waals surface area contributed by atoms with Crippen LogP contribution in [0.15, 0.2) is 30.5 Å². The van der Waals surface area contributed by atoms with E-state index in [1.807, 2.05) is 0 Å². The number of alkyl halides is 1. The molecule has 32 heavy (non-hydrogen) atoms. The summed E-state index contributed by atoms with van der Waals surface area (Å²) in [5.41, 5.74) is 0.879. The second-order valence-electron chi connectivity index (χ2n) is 8.38. The third kappa shape index (κ3) is 3.58. The van der Waals surface area contributed by atoms with Crippen molar-refractivity contribution in [1.29, 1.82) is 0 Å². The lowest BCUT2D eigenvalue weighted by atomic mass is 10.0. The molecule has 4 atom stereocenters. The highest BCUT2D eigenvalue weighted by Crippen LogP contribution is 2.37. The Bertz CT molecular complexity index is 1170. The molecule has 2 aliphatic rings. The number of hydrogen-bond donors (Lipinski definition) is 3. The summed E-state index contributed by atoms with van der Waals surface area (Å²) in [5.74, 6) is -1.93. The van der Waals surface area contributed by atoms with Crippen LogP contribution in [-0.2, 0) is 0 Å². The summed E-state index contributed by atoms with van der Waals surface area (Å²) in [6.07, 6.45) is 1.89. The van der Waals surface area contributed by atoms with Gasteiger partial charge in [0.05, 0.1) is 30.1 Å². The van der Waals surface area contributed by atoms with Crippen molar-refractivity contribution in [2.75, 3.05) is 11.9 Å². The summed E-state index contributed by atoms with van der Waals surface area (Å²) in [6, 6.07) is 3.52. The summed E-state index contributed by atoms with van der Waals surface area (Å²) in [7, 11) is 0. The van der Waals surface area contributed by atoms with Crippen LogP contribution in [0.2, 0.25) is 0 Å². The minimum absolute atomic E-state index is 0.0622. The molecule has 0 spiro atoms. The number of aromatic amines is 1. The van der Waals surface area contributed by atoms with Gasteiger partial charge in [0.1, 0.15) is 23.5 Å². The number of carbonyl (C=O) groups excluding carboxylic acids is 1. The van der Waals surface area contributed by atoms with Gasteiger partial charge in [-0.3, -0.25) is 9.89 Å². The quantitative estimate of drug-likeness (QED) is 0.572. The summed E-state index contributed by atoms with van der Waals surface area (Å²) >= 11 is 0. The molecule has 3 aromatic rings. The third-order valence-electron chi connectivity index (χ3n) is 6.32. The van der Waals surface area contributed by atoms with Crippen molar-refractivity contribution in [2.24, 2.45) is 0 Å². The highest BCUT2D eigenvalue weighted by Gasteiger charge is 2.39. The summed E-state index contributed by atoms with van der Waals surface area (Å²) in [6.45, 7) is -0.246. The molecule has 10 heteroatoms. The van der Waals surface area contributed by atoms with E-state index < -0.39 is 35.9 Å². The van der Waals surface area contributed by atoms with Crippen LogP contribution in [0.4, 0.5) is 18.9 Å². The number of fused-ring (bicyclic) bond motifs is 1. The number of likely N-dealkylation sites (tertiary alicyclic amines) is 1. The molecular formula is C22H22F3N5O2. The van der Waals surface area contributed by atoms with Crippen LogP contribution >= 0.6 is 0 Å². The maximum atomic E-state index is 14.4. The second-order valence-corrected chi connectivity index (χ2v) is 8.38. The van der Waals surface area contributed by atoms with Gasteiger partial charge >= 0.3 is 0 Å². The molecule has 5 rings (SSSR count). The first-order valence-electron chi connectivity index (χ1n) is 10.6. The summed E-state index contributed by atoms with van der Waals surface area (Å²) in [4.78, 5) is 18.9. The number of benzene rings is 1. The lowest BCUT2D eigenvalue weighted by Crippen LogP contribution is -2.32. The first-order chi connectivity index (χ1) is 15.4. The van der Waals surface area contributed by atoms with E-state index >= 15 is 0 Å².